The Morgan fingerprint density at radius 2 is 2.11 bits per heavy atom. The molecule has 1 aliphatic carbocycles. The minimum Gasteiger partial charge on any atom is -0.492 e. The van der Waals surface area contributed by atoms with Gasteiger partial charge in [-0.15, -0.1) is 0 Å². The van der Waals surface area contributed by atoms with E-state index in [0.717, 1.165) is 31.4 Å². The van der Waals surface area contributed by atoms with Crippen molar-refractivity contribution in [3.8, 4) is 5.75 Å². The third kappa shape index (κ3) is 5.71. The number of hydrogen-bond acceptors (Lipinski definition) is 3. The summed E-state index contributed by atoms with van der Waals surface area (Å²) >= 11 is 5.87. The first-order valence-corrected chi connectivity index (χ1v) is 7.05. The molecule has 0 atom stereocenters. The maximum absolute atomic E-state index is 5.87. The Morgan fingerprint density at radius 1 is 1.22 bits per heavy atom. The first-order valence-electron chi connectivity index (χ1n) is 6.67. The minimum absolute atomic E-state index is 0.677. The van der Waals surface area contributed by atoms with Gasteiger partial charge in [-0.1, -0.05) is 17.7 Å². The van der Waals surface area contributed by atoms with E-state index in [2.05, 4.69) is 10.6 Å². The van der Waals surface area contributed by atoms with Crippen molar-refractivity contribution in [2.45, 2.75) is 25.3 Å². The summed E-state index contributed by atoms with van der Waals surface area (Å²) in [6, 6.07) is 8.32. The van der Waals surface area contributed by atoms with Crippen LogP contribution in [0.4, 0.5) is 0 Å². The molecule has 1 aliphatic rings. The number of benzene rings is 1. The van der Waals surface area contributed by atoms with Gasteiger partial charge in [-0.05, 0) is 50.6 Å². The molecule has 0 spiro atoms. The predicted octanol–water partition coefficient (Wildman–Crippen LogP) is 2.45. The second-order valence-corrected chi connectivity index (χ2v) is 5.07. The van der Waals surface area contributed by atoms with Crippen molar-refractivity contribution in [2.24, 2.45) is 0 Å². The second-order valence-electron chi connectivity index (χ2n) is 4.64. The highest BCUT2D eigenvalue weighted by atomic mass is 35.5. The van der Waals surface area contributed by atoms with E-state index < -0.39 is 0 Å². The lowest BCUT2D eigenvalue weighted by Gasteiger charge is -2.08. The van der Waals surface area contributed by atoms with Crippen LogP contribution in [0, 0.1) is 0 Å². The molecule has 0 unspecified atom stereocenters. The molecule has 1 aromatic carbocycles. The maximum atomic E-state index is 5.87. The molecule has 1 aromatic rings. The van der Waals surface area contributed by atoms with Crippen molar-refractivity contribution >= 4 is 11.6 Å². The average molecular weight is 269 g/mol. The second kappa shape index (κ2) is 7.62. The SMILES string of the molecule is Clc1cccc(OCCNCCCNC2CC2)c1. The number of ether oxygens (including phenoxy) is 1. The highest BCUT2D eigenvalue weighted by molar-refractivity contribution is 6.30. The molecule has 2 N–H and O–H groups in total. The van der Waals surface area contributed by atoms with Gasteiger partial charge in [0.25, 0.3) is 0 Å². The molecule has 0 heterocycles. The van der Waals surface area contributed by atoms with E-state index in [1.165, 1.54) is 19.3 Å². The molecular weight excluding hydrogens is 248 g/mol. The van der Waals surface area contributed by atoms with Gasteiger partial charge in [0.15, 0.2) is 0 Å². The highest BCUT2D eigenvalue weighted by Crippen LogP contribution is 2.18. The van der Waals surface area contributed by atoms with E-state index in [4.69, 9.17) is 16.3 Å². The Labute approximate surface area is 114 Å². The summed E-state index contributed by atoms with van der Waals surface area (Å²) in [6.07, 6.45) is 3.90. The summed E-state index contributed by atoms with van der Waals surface area (Å²) in [5, 5.41) is 7.57. The fourth-order valence-corrected chi connectivity index (χ4v) is 1.91. The van der Waals surface area contributed by atoms with Crippen molar-refractivity contribution in [3.05, 3.63) is 29.3 Å². The van der Waals surface area contributed by atoms with Gasteiger partial charge in [0.05, 0.1) is 0 Å². The fraction of sp³-hybridized carbons (Fsp3) is 0.571. The summed E-state index contributed by atoms with van der Waals surface area (Å²) in [6.45, 7) is 3.71. The lowest BCUT2D eigenvalue weighted by atomic mass is 10.3. The molecule has 3 nitrogen and oxygen atoms in total. The van der Waals surface area contributed by atoms with Crippen molar-refractivity contribution < 1.29 is 4.74 Å². The van der Waals surface area contributed by atoms with Crippen molar-refractivity contribution in [1.82, 2.24) is 10.6 Å². The summed E-state index contributed by atoms with van der Waals surface area (Å²) in [4.78, 5) is 0. The Kier molecular flexibility index (Phi) is 5.78. The molecule has 18 heavy (non-hydrogen) atoms. The van der Waals surface area contributed by atoms with E-state index in [1.54, 1.807) is 0 Å². The summed E-state index contributed by atoms with van der Waals surface area (Å²) in [5.41, 5.74) is 0. The quantitative estimate of drug-likeness (QED) is 0.675. The average Bonchev–Trinajstić information content (AvgIpc) is 3.17. The molecule has 0 aliphatic heterocycles. The van der Waals surface area contributed by atoms with E-state index in [0.29, 0.717) is 11.6 Å². The third-order valence-corrected chi connectivity index (χ3v) is 3.12. The first kappa shape index (κ1) is 13.7. The zero-order valence-electron chi connectivity index (χ0n) is 10.6. The molecule has 0 aromatic heterocycles. The molecule has 1 saturated carbocycles. The van der Waals surface area contributed by atoms with Crippen molar-refractivity contribution in [1.29, 1.82) is 0 Å². The zero-order chi connectivity index (χ0) is 12.6. The molecule has 1 fully saturated rings. The first-order chi connectivity index (χ1) is 8.84. The van der Waals surface area contributed by atoms with Gasteiger partial charge in [0, 0.05) is 17.6 Å². The summed E-state index contributed by atoms with van der Waals surface area (Å²) < 4.78 is 5.58. The fourth-order valence-electron chi connectivity index (χ4n) is 1.73. The standard InChI is InChI=1S/C14H21ClN2O/c15-12-3-1-4-14(11-12)18-10-9-16-7-2-8-17-13-5-6-13/h1,3-4,11,13,16-17H,2,5-10H2. The minimum atomic E-state index is 0.677. The van der Waals surface area contributed by atoms with Crippen LogP contribution in [0.3, 0.4) is 0 Å². The lowest BCUT2D eigenvalue weighted by molar-refractivity contribution is 0.313. The molecule has 0 saturated heterocycles. The lowest BCUT2D eigenvalue weighted by Crippen LogP contribution is -2.26. The third-order valence-electron chi connectivity index (χ3n) is 2.88. The van der Waals surface area contributed by atoms with Crippen LogP contribution < -0.4 is 15.4 Å². The largest absolute Gasteiger partial charge is 0.492 e. The predicted molar refractivity (Wildman–Crippen MR) is 75.5 cm³/mol. The van der Waals surface area contributed by atoms with Crippen LogP contribution in [0.25, 0.3) is 0 Å². The Bertz CT molecular complexity index is 355. The van der Waals surface area contributed by atoms with Crippen LogP contribution in [0.5, 0.6) is 5.75 Å². The molecule has 0 bridgehead atoms. The van der Waals surface area contributed by atoms with Gasteiger partial charge >= 0.3 is 0 Å². The number of halogens is 1. The maximum Gasteiger partial charge on any atom is 0.120 e. The van der Waals surface area contributed by atoms with Gasteiger partial charge < -0.3 is 15.4 Å². The van der Waals surface area contributed by atoms with E-state index in [1.807, 2.05) is 24.3 Å². The van der Waals surface area contributed by atoms with Crippen LogP contribution in [0.1, 0.15) is 19.3 Å². The highest BCUT2D eigenvalue weighted by Gasteiger charge is 2.19. The molecule has 0 radical (unpaired) electrons. The van der Waals surface area contributed by atoms with E-state index in [-0.39, 0.29) is 0 Å². The van der Waals surface area contributed by atoms with Crippen molar-refractivity contribution in [2.75, 3.05) is 26.2 Å². The van der Waals surface area contributed by atoms with Crippen LogP contribution >= 0.6 is 11.6 Å². The van der Waals surface area contributed by atoms with Gasteiger partial charge in [-0.25, -0.2) is 0 Å². The van der Waals surface area contributed by atoms with Crippen LogP contribution in [0.2, 0.25) is 5.02 Å². The smallest absolute Gasteiger partial charge is 0.120 e. The Hall–Kier alpha value is -0.770. The monoisotopic (exact) mass is 268 g/mol. The Morgan fingerprint density at radius 3 is 2.89 bits per heavy atom. The molecular formula is C14H21ClN2O. The van der Waals surface area contributed by atoms with E-state index >= 15 is 0 Å². The molecule has 4 heteroatoms. The Balaban J connectivity index is 1.43. The summed E-state index contributed by atoms with van der Waals surface area (Å²) in [5.74, 6) is 0.833. The van der Waals surface area contributed by atoms with Crippen LogP contribution in [-0.2, 0) is 0 Å². The zero-order valence-corrected chi connectivity index (χ0v) is 11.4. The summed E-state index contributed by atoms with van der Waals surface area (Å²) in [7, 11) is 0. The number of hydrogen-bond donors (Lipinski definition) is 2. The van der Waals surface area contributed by atoms with E-state index in [9.17, 15) is 0 Å². The van der Waals surface area contributed by atoms with Crippen molar-refractivity contribution in [3.63, 3.8) is 0 Å². The topological polar surface area (TPSA) is 33.3 Å². The number of nitrogens with one attached hydrogen (secondary N) is 2. The van der Waals surface area contributed by atoms with Crippen LogP contribution in [-0.4, -0.2) is 32.3 Å². The normalized spacial score (nSPS) is 14.7. The van der Waals surface area contributed by atoms with Gasteiger partial charge in [-0.3, -0.25) is 0 Å². The number of rotatable bonds is 9. The molecule has 100 valence electrons. The van der Waals surface area contributed by atoms with Gasteiger partial charge in [0.2, 0.25) is 0 Å². The van der Waals surface area contributed by atoms with Gasteiger partial charge in [-0.2, -0.15) is 0 Å². The van der Waals surface area contributed by atoms with Crippen LogP contribution in [0.15, 0.2) is 24.3 Å². The molecule has 0 amide bonds. The van der Waals surface area contributed by atoms with Gasteiger partial charge in [0.1, 0.15) is 12.4 Å². The molecule has 2 rings (SSSR count).